The quantitative estimate of drug-likeness (QED) is 0.384. The molecule has 0 spiro atoms. The van der Waals surface area contributed by atoms with E-state index in [-0.39, 0.29) is 41.8 Å². The Bertz CT molecular complexity index is 1920. The number of ether oxygens (including phenoxy) is 1. The van der Waals surface area contributed by atoms with Gasteiger partial charge in [-0.15, -0.1) is 0 Å². The van der Waals surface area contributed by atoms with Gasteiger partial charge >= 0.3 is 6.61 Å². The summed E-state index contributed by atoms with van der Waals surface area (Å²) in [5, 5.41) is 13.9. The van der Waals surface area contributed by atoms with Crippen LogP contribution in [0.15, 0.2) is 42.9 Å². The molecule has 1 amide bonds. The van der Waals surface area contributed by atoms with Crippen molar-refractivity contribution in [1.29, 1.82) is 5.26 Å². The number of hydrogen-bond donors (Lipinski definition) is 1. The Morgan fingerprint density at radius 3 is 2.78 bits per heavy atom. The van der Waals surface area contributed by atoms with Gasteiger partial charge in [0.1, 0.15) is 17.9 Å². The number of nitrogens with two attached hydrogens (primary N) is 1. The molecule has 2 bridgehead atoms. The molecule has 0 radical (unpaired) electrons. The van der Waals surface area contributed by atoms with Crippen molar-refractivity contribution < 1.29 is 26.8 Å². The minimum Gasteiger partial charge on any atom is -0.434 e. The lowest BCUT2D eigenvalue weighted by molar-refractivity contribution is -0.0505. The van der Waals surface area contributed by atoms with Crippen LogP contribution in [0.2, 0.25) is 0 Å². The molecule has 9 nitrogen and oxygen atoms in total. The van der Waals surface area contributed by atoms with Crippen molar-refractivity contribution in [2.24, 2.45) is 11.1 Å². The summed E-state index contributed by atoms with van der Waals surface area (Å²) in [5.41, 5.74) is 6.77. The Kier molecular flexibility index (Phi) is 4.61. The van der Waals surface area contributed by atoms with Crippen LogP contribution >= 0.6 is 0 Å². The minimum absolute atomic E-state index is 0.0490. The van der Waals surface area contributed by atoms with E-state index < -0.39 is 48.2 Å². The van der Waals surface area contributed by atoms with Gasteiger partial charge in [0.05, 0.1) is 45.7 Å². The highest BCUT2D eigenvalue weighted by molar-refractivity contribution is 5.98. The summed E-state index contributed by atoms with van der Waals surface area (Å²) in [6.45, 7) is -4.27. The van der Waals surface area contributed by atoms with Gasteiger partial charge in [-0.25, -0.2) is 13.9 Å². The second kappa shape index (κ2) is 8.50. The maximum atomic E-state index is 15.4. The van der Waals surface area contributed by atoms with E-state index in [1.165, 1.54) is 41.3 Å². The molecule has 208 valence electrons. The van der Waals surface area contributed by atoms with E-state index in [0.717, 1.165) is 4.90 Å². The molecule has 2 aliphatic carbocycles. The number of carbonyl (C=O) groups excluding carboxylic acids is 1. The topological polar surface area (TPSA) is 122 Å². The largest absolute Gasteiger partial charge is 0.434 e. The number of fused-ring (bicyclic) bond motifs is 9. The van der Waals surface area contributed by atoms with Crippen molar-refractivity contribution in [2.45, 2.75) is 50.3 Å². The van der Waals surface area contributed by atoms with E-state index in [9.17, 15) is 18.8 Å². The van der Waals surface area contributed by atoms with E-state index in [2.05, 4.69) is 21.1 Å². The van der Waals surface area contributed by atoms with Crippen molar-refractivity contribution in [1.82, 2.24) is 24.5 Å². The Morgan fingerprint density at radius 1 is 1.27 bits per heavy atom. The molecule has 7 rings (SSSR count). The van der Waals surface area contributed by atoms with Crippen LogP contribution in [0.1, 0.15) is 75.1 Å². The predicted molar refractivity (Wildman–Crippen MR) is 139 cm³/mol. The number of aromatic nitrogens is 4. The molecule has 3 aromatic heterocycles. The maximum Gasteiger partial charge on any atom is 0.387 e. The zero-order valence-corrected chi connectivity index (χ0v) is 21.6. The lowest BCUT2D eigenvalue weighted by atomic mass is 9.58. The number of alkyl halides is 2. The zero-order chi connectivity index (χ0) is 31.3. The van der Waals surface area contributed by atoms with Crippen molar-refractivity contribution in [3.05, 3.63) is 76.8 Å². The van der Waals surface area contributed by atoms with E-state index in [1.807, 2.05) is 0 Å². The average Bonchev–Trinajstić information content (AvgIpc) is 3.43. The van der Waals surface area contributed by atoms with Crippen LogP contribution in [0.3, 0.4) is 0 Å². The number of nitriles is 1. The van der Waals surface area contributed by atoms with Crippen LogP contribution < -0.4 is 10.5 Å². The molecule has 0 saturated heterocycles. The van der Waals surface area contributed by atoms with Crippen molar-refractivity contribution in [2.75, 3.05) is 6.98 Å². The fraction of sp³-hybridized carbons (Fsp3) is 0.345. The molecule has 4 heterocycles. The summed E-state index contributed by atoms with van der Waals surface area (Å²) in [6.07, 6.45) is 3.43. The number of rotatable bonds is 4. The zero-order valence-electron chi connectivity index (χ0n) is 24.6. The Hall–Kier alpha value is -4.50. The summed E-state index contributed by atoms with van der Waals surface area (Å²) in [7, 11) is 0. The maximum absolute atomic E-state index is 15.4. The third kappa shape index (κ3) is 3.65. The number of carbonyl (C=O) groups is 1. The third-order valence-corrected chi connectivity index (χ3v) is 8.40. The van der Waals surface area contributed by atoms with Crippen LogP contribution in [0.5, 0.6) is 5.75 Å². The SMILES string of the molecule is [2H]C([2H])([2H])N1C(=O)c2cccc(OC(F)F)c2[C@H]2C[C@@H]1c1nn3cnc(-c4cnc(C5(N)CC(C)(C#N)C5)c(F)c4)cc3c12. The van der Waals surface area contributed by atoms with Crippen molar-refractivity contribution >= 4 is 11.4 Å². The lowest BCUT2D eigenvalue weighted by Gasteiger charge is -2.48. The first-order valence-electron chi connectivity index (χ1n) is 14.4. The Balaban J connectivity index is 1.36. The van der Waals surface area contributed by atoms with Gasteiger partial charge < -0.3 is 15.4 Å². The number of halogens is 3. The molecular weight excluding hydrogens is 535 g/mol. The first kappa shape index (κ1) is 22.2. The summed E-state index contributed by atoms with van der Waals surface area (Å²) in [4.78, 5) is 23.1. The van der Waals surface area contributed by atoms with Crippen molar-refractivity contribution in [3.8, 4) is 23.1 Å². The highest BCUT2D eigenvalue weighted by atomic mass is 19.3. The van der Waals surface area contributed by atoms with E-state index in [4.69, 9.17) is 14.6 Å². The molecule has 2 N–H and O–H groups in total. The van der Waals surface area contributed by atoms with Crippen LogP contribution in [0, 0.1) is 22.6 Å². The lowest BCUT2D eigenvalue weighted by Crippen LogP contribution is -2.54. The van der Waals surface area contributed by atoms with Crippen LogP contribution in [-0.4, -0.2) is 44.0 Å². The van der Waals surface area contributed by atoms with Gasteiger partial charge in [0.15, 0.2) is 0 Å². The van der Waals surface area contributed by atoms with Crippen molar-refractivity contribution in [3.63, 3.8) is 0 Å². The molecule has 41 heavy (non-hydrogen) atoms. The number of benzene rings is 1. The second-order valence-electron chi connectivity index (χ2n) is 11.2. The fourth-order valence-electron chi connectivity index (χ4n) is 6.79. The number of pyridine rings is 1. The Morgan fingerprint density at radius 2 is 2.07 bits per heavy atom. The normalized spacial score (nSPS) is 27.8. The molecule has 12 heteroatoms. The van der Waals surface area contributed by atoms with Gasteiger partial charge in [-0.3, -0.25) is 9.78 Å². The van der Waals surface area contributed by atoms with Gasteiger partial charge in [-0.1, -0.05) is 6.07 Å². The van der Waals surface area contributed by atoms with E-state index in [1.54, 1.807) is 13.0 Å². The van der Waals surface area contributed by atoms with Gasteiger partial charge in [-0.05, 0) is 50.5 Å². The van der Waals surface area contributed by atoms with Crippen LogP contribution in [0.4, 0.5) is 13.2 Å². The molecule has 1 aliphatic heterocycles. The molecular formula is C29H24F3N7O2. The van der Waals surface area contributed by atoms with Crippen LogP contribution in [0.25, 0.3) is 16.8 Å². The highest BCUT2D eigenvalue weighted by Gasteiger charge is 2.53. The molecule has 4 aromatic rings. The highest BCUT2D eigenvalue weighted by Crippen LogP contribution is 2.54. The van der Waals surface area contributed by atoms with Gasteiger partial charge in [0.2, 0.25) is 0 Å². The fourth-order valence-corrected chi connectivity index (χ4v) is 6.79. The molecule has 2 atom stereocenters. The summed E-state index contributed by atoms with van der Waals surface area (Å²) in [6, 6.07) is 8.19. The van der Waals surface area contributed by atoms with E-state index in [0.29, 0.717) is 28.0 Å². The monoisotopic (exact) mass is 562 g/mol. The standard InChI is InChI=1S/C29H24F3N7O2/c1-28(12-33)10-29(34,11-28)25-17(30)6-14(9-35-25)18-8-19-23-16-7-20(24(23)37-39(19)13-36-18)38(2)26(40)15-4-3-5-21(22(15)16)41-27(31)32/h3-6,8-9,13,16,20,27H,7,10-11,34H2,1-2H3/t16-,20-,28?,29?/m1/s1/i2D3. The molecule has 1 saturated carbocycles. The summed E-state index contributed by atoms with van der Waals surface area (Å²) in [5.74, 6) is -2.43. The minimum atomic E-state index is -3.18. The molecule has 3 aliphatic rings. The van der Waals surface area contributed by atoms with Gasteiger partial charge in [0.25, 0.3) is 5.91 Å². The van der Waals surface area contributed by atoms with Gasteiger partial charge in [0, 0.05) is 45.5 Å². The summed E-state index contributed by atoms with van der Waals surface area (Å²) < 4.78 is 72.9. The molecule has 1 fully saturated rings. The Labute approximate surface area is 236 Å². The predicted octanol–water partition coefficient (Wildman–Crippen LogP) is 4.67. The number of hydrogen-bond acceptors (Lipinski definition) is 7. The number of nitrogens with zero attached hydrogens (tertiary/aromatic N) is 6. The molecule has 1 aromatic carbocycles. The van der Waals surface area contributed by atoms with E-state index >= 15 is 4.39 Å². The average molecular weight is 563 g/mol. The third-order valence-electron chi connectivity index (χ3n) is 8.40. The molecule has 0 unspecified atom stereocenters. The second-order valence-corrected chi connectivity index (χ2v) is 11.2. The smallest absolute Gasteiger partial charge is 0.387 e. The first-order chi connectivity index (χ1) is 20.7. The van der Waals surface area contributed by atoms with Gasteiger partial charge in [-0.2, -0.15) is 19.1 Å². The summed E-state index contributed by atoms with van der Waals surface area (Å²) >= 11 is 0. The number of amides is 1. The van der Waals surface area contributed by atoms with Crippen LogP contribution in [-0.2, 0) is 5.54 Å². The first-order valence-corrected chi connectivity index (χ1v) is 12.9.